The maximum atomic E-state index is 11.4. The molecule has 0 spiro atoms. The molecule has 0 aromatic carbocycles. The number of carbonyl (C=O) groups excluding carboxylic acids is 1. The number of ether oxygens (including phenoxy) is 2. The second-order valence-corrected chi connectivity index (χ2v) is 4.93. The van der Waals surface area contributed by atoms with Crippen molar-refractivity contribution in [2.75, 3.05) is 6.61 Å². The molecule has 0 radical (unpaired) electrons. The van der Waals surface area contributed by atoms with E-state index in [2.05, 4.69) is 6.58 Å². The Bertz CT molecular complexity index is 521. The molecule has 0 aromatic rings. The van der Waals surface area contributed by atoms with E-state index in [-0.39, 0.29) is 12.2 Å². The lowest BCUT2D eigenvalue weighted by Crippen LogP contribution is -2.46. The molecule has 7 nitrogen and oxygen atoms in total. The average Bonchev–Trinajstić information content (AvgIpc) is 2.91. The minimum absolute atomic E-state index is 0.166. The van der Waals surface area contributed by atoms with E-state index < -0.39 is 41.4 Å². The minimum atomic E-state index is -1.43. The Kier molecular flexibility index (Phi) is 3.39. The van der Waals surface area contributed by atoms with E-state index in [1.54, 1.807) is 0 Å². The number of aliphatic carboxylic acids is 2. The van der Waals surface area contributed by atoms with Crippen LogP contribution in [0.15, 0.2) is 24.3 Å². The van der Waals surface area contributed by atoms with Gasteiger partial charge in [-0.25, -0.2) is 4.79 Å². The number of carboxylic acids is 2. The molecule has 0 saturated carbocycles. The third-order valence-electron chi connectivity index (χ3n) is 3.49. The van der Waals surface area contributed by atoms with Crippen LogP contribution >= 0.6 is 0 Å². The third kappa shape index (κ3) is 2.09. The van der Waals surface area contributed by atoms with E-state index in [0.717, 1.165) is 0 Å². The van der Waals surface area contributed by atoms with Crippen molar-refractivity contribution in [2.24, 2.45) is 11.8 Å². The van der Waals surface area contributed by atoms with Crippen LogP contribution in [-0.2, 0) is 23.9 Å². The number of hydrogen-bond acceptors (Lipinski definition) is 5. The Labute approximate surface area is 114 Å². The summed E-state index contributed by atoms with van der Waals surface area (Å²) in [5, 5.41) is 18.4. The molecule has 2 aliphatic rings. The largest absolute Gasteiger partial charge is 0.481 e. The summed E-state index contributed by atoms with van der Waals surface area (Å²) in [6, 6.07) is 0. The summed E-state index contributed by atoms with van der Waals surface area (Å²) in [5.74, 6) is -5.72. The van der Waals surface area contributed by atoms with Crippen molar-refractivity contribution in [1.29, 1.82) is 0 Å². The van der Waals surface area contributed by atoms with Crippen LogP contribution in [0.4, 0.5) is 0 Å². The molecule has 2 bridgehead atoms. The zero-order chi connectivity index (χ0) is 15.1. The molecule has 20 heavy (non-hydrogen) atoms. The van der Waals surface area contributed by atoms with Crippen molar-refractivity contribution in [3.63, 3.8) is 0 Å². The van der Waals surface area contributed by atoms with E-state index in [4.69, 9.17) is 14.6 Å². The van der Waals surface area contributed by atoms with Crippen LogP contribution in [0.5, 0.6) is 0 Å². The van der Waals surface area contributed by atoms with Crippen molar-refractivity contribution in [1.82, 2.24) is 0 Å². The predicted octanol–water partition coefficient (Wildman–Crippen LogP) is 0.215. The molecule has 4 atom stereocenters. The van der Waals surface area contributed by atoms with Crippen molar-refractivity contribution >= 4 is 17.9 Å². The number of carboxylic acid groups (broad SMARTS) is 2. The zero-order valence-corrected chi connectivity index (χ0v) is 10.7. The molecular weight excluding hydrogens is 268 g/mol. The van der Waals surface area contributed by atoms with Crippen LogP contribution in [0.1, 0.15) is 6.92 Å². The lowest BCUT2D eigenvalue weighted by Gasteiger charge is -2.28. The molecule has 2 heterocycles. The fourth-order valence-corrected chi connectivity index (χ4v) is 2.57. The third-order valence-corrected chi connectivity index (χ3v) is 3.49. The molecule has 1 fully saturated rings. The van der Waals surface area contributed by atoms with E-state index in [0.29, 0.717) is 0 Å². The van der Waals surface area contributed by atoms with Gasteiger partial charge < -0.3 is 19.7 Å². The Morgan fingerprint density at radius 2 is 2.00 bits per heavy atom. The minimum Gasteiger partial charge on any atom is -0.481 e. The maximum absolute atomic E-state index is 11.4. The van der Waals surface area contributed by atoms with Gasteiger partial charge in [0.1, 0.15) is 24.0 Å². The number of esters is 1. The van der Waals surface area contributed by atoms with Crippen LogP contribution in [0, 0.1) is 11.8 Å². The summed E-state index contributed by atoms with van der Waals surface area (Å²) >= 11 is 0. The Morgan fingerprint density at radius 3 is 2.50 bits per heavy atom. The number of fused-ring (bicyclic) bond motifs is 2. The number of rotatable bonds is 5. The molecule has 7 heteroatoms. The molecule has 2 aliphatic heterocycles. The molecule has 0 aromatic heterocycles. The summed E-state index contributed by atoms with van der Waals surface area (Å²) in [7, 11) is 0. The van der Waals surface area contributed by atoms with Gasteiger partial charge in [-0.05, 0) is 13.0 Å². The van der Waals surface area contributed by atoms with Crippen LogP contribution in [0.3, 0.4) is 0 Å². The van der Waals surface area contributed by atoms with Gasteiger partial charge in [-0.15, -0.1) is 0 Å². The highest BCUT2D eigenvalue weighted by Crippen LogP contribution is 2.47. The highest BCUT2D eigenvalue weighted by Gasteiger charge is 2.63. The first-order valence-electron chi connectivity index (χ1n) is 5.94. The van der Waals surface area contributed by atoms with Gasteiger partial charge >= 0.3 is 17.9 Å². The lowest BCUT2D eigenvalue weighted by molar-refractivity contribution is -0.158. The monoisotopic (exact) mass is 282 g/mol. The standard InChI is InChI=1S/C13H14O7/c1-6(2)12(18)19-5-13-4-3-7(20-13)8(10(14)15)9(13)11(16)17/h3-4,7-9H,1,5H2,2H3,(H,14,15)(H,16,17). The van der Waals surface area contributed by atoms with Gasteiger partial charge in [-0.3, -0.25) is 9.59 Å². The Balaban J connectivity index is 2.23. The molecule has 2 N–H and O–H groups in total. The summed E-state index contributed by atoms with van der Waals surface area (Å²) in [6.07, 6.45) is 2.13. The first-order valence-corrected chi connectivity index (χ1v) is 5.94. The zero-order valence-electron chi connectivity index (χ0n) is 10.7. The van der Waals surface area contributed by atoms with Gasteiger partial charge in [0, 0.05) is 5.57 Å². The highest BCUT2D eigenvalue weighted by atomic mass is 16.6. The second-order valence-electron chi connectivity index (χ2n) is 4.93. The van der Waals surface area contributed by atoms with Gasteiger partial charge in [0.2, 0.25) is 0 Å². The molecule has 2 rings (SSSR count). The van der Waals surface area contributed by atoms with Crippen LogP contribution in [0.25, 0.3) is 0 Å². The van der Waals surface area contributed by atoms with Crippen LogP contribution in [-0.4, -0.2) is 46.4 Å². The van der Waals surface area contributed by atoms with Gasteiger partial charge in [-0.1, -0.05) is 12.7 Å². The summed E-state index contributed by atoms with van der Waals surface area (Å²) < 4.78 is 10.4. The quantitative estimate of drug-likeness (QED) is 0.421. The molecule has 108 valence electrons. The SMILES string of the molecule is C=C(C)C(=O)OCC12C=CC(O1)C(C(=O)O)C2C(=O)O. The van der Waals surface area contributed by atoms with Crippen molar-refractivity contribution in [3.8, 4) is 0 Å². The first kappa shape index (κ1) is 14.3. The maximum Gasteiger partial charge on any atom is 0.333 e. The highest BCUT2D eigenvalue weighted by molar-refractivity contribution is 5.87. The topological polar surface area (TPSA) is 110 Å². The lowest BCUT2D eigenvalue weighted by atomic mass is 9.76. The molecule has 1 saturated heterocycles. The van der Waals surface area contributed by atoms with Crippen molar-refractivity contribution in [3.05, 3.63) is 24.3 Å². The summed E-state index contributed by atoms with van der Waals surface area (Å²) in [5.41, 5.74) is -1.26. The Morgan fingerprint density at radius 1 is 1.35 bits per heavy atom. The van der Waals surface area contributed by atoms with Gasteiger partial charge in [-0.2, -0.15) is 0 Å². The summed E-state index contributed by atoms with van der Waals surface area (Å²) in [6.45, 7) is 4.51. The van der Waals surface area contributed by atoms with Crippen LogP contribution < -0.4 is 0 Å². The molecule has 0 aliphatic carbocycles. The van der Waals surface area contributed by atoms with Crippen molar-refractivity contribution in [2.45, 2.75) is 18.6 Å². The molecular formula is C13H14O7. The normalized spacial score (nSPS) is 34.0. The summed E-state index contributed by atoms with van der Waals surface area (Å²) in [4.78, 5) is 33.9. The van der Waals surface area contributed by atoms with E-state index in [9.17, 15) is 19.5 Å². The fraction of sp³-hybridized carbons (Fsp3) is 0.462. The van der Waals surface area contributed by atoms with Gasteiger partial charge in [0.15, 0.2) is 0 Å². The predicted molar refractivity (Wildman–Crippen MR) is 64.8 cm³/mol. The van der Waals surface area contributed by atoms with E-state index in [1.807, 2.05) is 0 Å². The van der Waals surface area contributed by atoms with Crippen molar-refractivity contribution < 1.29 is 34.1 Å². The molecule has 0 amide bonds. The first-order chi connectivity index (χ1) is 9.28. The second kappa shape index (κ2) is 4.75. The van der Waals surface area contributed by atoms with Gasteiger partial charge in [0.05, 0.1) is 6.10 Å². The number of carbonyl (C=O) groups is 3. The van der Waals surface area contributed by atoms with E-state index >= 15 is 0 Å². The fourth-order valence-electron chi connectivity index (χ4n) is 2.57. The Hall–Kier alpha value is -2.15. The van der Waals surface area contributed by atoms with Crippen LogP contribution in [0.2, 0.25) is 0 Å². The van der Waals surface area contributed by atoms with Gasteiger partial charge in [0.25, 0.3) is 0 Å². The average molecular weight is 282 g/mol. The molecule has 4 unspecified atom stereocenters. The van der Waals surface area contributed by atoms with E-state index in [1.165, 1.54) is 19.1 Å². The number of hydrogen-bond donors (Lipinski definition) is 2. The smallest absolute Gasteiger partial charge is 0.333 e.